The molecule has 1 unspecified atom stereocenters. The molecule has 0 aliphatic rings. The van der Waals surface area contributed by atoms with Crippen molar-refractivity contribution in [2.45, 2.75) is 36.8 Å². The summed E-state index contributed by atoms with van der Waals surface area (Å²) >= 11 is 1.02. The first-order valence-corrected chi connectivity index (χ1v) is 8.51. The van der Waals surface area contributed by atoms with E-state index in [-0.39, 0.29) is 18.6 Å². The highest BCUT2D eigenvalue weighted by molar-refractivity contribution is 14.1. The molecule has 0 spiro atoms. The number of rotatable bonds is 7. The zero-order chi connectivity index (χ0) is 21.8. The van der Waals surface area contributed by atoms with Gasteiger partial charge in [-0.2, -0.15) is 35.1 Å². The smallest absolute Gasteiger partial charge is 0.457 e. The van der Waals surface area contributed by atoms with Gasteiger partial charge in [-0.3, -0.25) is 0 Å². The Balaban J connectivity index is 2.81. The Kier molecular flexibility index (Phi) is 7.81. The Morgan fingerprint density at radius 1 is 0.929 bits per heavy atom. The Bertz CT molecular complexity index is 698. The predicted octanol–water partition coefficient (Wildman–Crippen LogP) is 6.41. The van der Waals surface area contributed by atoms with Crippen molar-refractivity contribution in [2.75, 3.05) is 6.61 Å². The molecule has 0 fully saturated rings. The second kappa shape index (κ2) is 8.91. The van der Waals surface area contributed by atoms with Gasteiger partial charge in [-0.25, -0.2) is 9.18 Å². The Hall–Kier alpha value is -1.47. The van der Waals surface area contributed by atoms with E-state index >= 15 is 0 Å². The number of ether oxygens (including phenoxy) is 1. The highest BCUT2D eigenvalue weighted by atomic mass is 127. The summed E-state index contributed by atoms with van der Waals surface area (Å²) in [5, 5.41) is 0. The lowest BCUT2D eigenvalue weighted by atomic mass is 9.95. The number of hydrogen-bond donors (Lipinski definition) is 0. The lowest BCUT2D eigenvalue weighted by molar-refractivity contribution is -0.369. The minimum Gasteiger partial charge on any atom is -0.462 e. The first-order valence-electron chi connectivity index (χ1n) is 7.43. The van der Waals surface area contributed by atoms with E-state index < -0.39 is 46.0 Å². The second-order valence-corrected chi connectivity index (χ2v) is 6.86. The van der Waals surface area contributed by atoms with Gasteiger partial charge in [-0.1, -0.05) is 18.2 Å². The number of halogens is 10. The van der Waals surface area contributed by atoms with Gasteiger partial charge in [0.15, 0.2) is 0 Å². The molecule has 2 nitrogen and oxygen atoms in total. The molecule has 0 bridgehead atoms. The van der Waals surface area contributed by atoms with Crippen molar-refractivity contribution in [3.8, 4) is 0 Å². The molecule has 0 amide bonds. The molecule has 0 saturated carbocycles. The van der Waals surface area contributed by atoms with Gasteiger partial charge in [-0.05, 0) is 57.2 Å². The second-order valence-electron chi connectivity index (χ2n) is 5.48. The SMILES string of the molecule is O=C(OCCCC(I)=CC(F)(C(F)(F)F)C(F)(F)C(F)(F)F)c1ccccc1. The van der Waals surface area contributed by atoms with Gasteiger partial charge in [0.2, 0.25) is 0 Å². The number of hydrogen-bond acceptors (Lipinski definition) is 2. The molecule has 0 N–H and O–H groups in total. The molecular weight excluding hydrogens is 522 g/mol. The molecule has 0 aliphatic heterocycles. The maximum absolute atomic E-state index is 13.9. The highest BCUT2D eigenvalue weighted by Crippen LogP contribution is 2.54. The van der Waals surface area contributed by atoms with Gasteiger partial charge in [0.25, 0.3) is 5.67 Å². The van der Waals surface area contributed by atoms with Gasteiger partial charge >= 0.3 is 24.2 Å². The number of allylic oxidation sites excluding steroid dienone is 2. The average molecular weight is 534 g/mol. The molecule has 0 heterocycles. The summed E-state index contributed by atoms with van der Waals surface area (Å²) in [5.41, 5.74) is -5.76. The van der Waals surface area contributed by atoms with E-state index in [0.29, 0.717) is 0 Å². The van der Waals surface area contributed by atoms with Crippen molar-refractivity contribution in [1.82, 2.24) is 0 Å². The monoisotopic (exact) mass is 534 g/mol. The first-order chi connectivity index (χ1) is 12.6. The lowest BCUT2D eigenvalue weighted by Crippen LogP contribution is -2.61. The molecule has 0 radical (unpaired) electrons. The maximum Gasteiger partial charge on any atom is 0.457 e. The first kappa shape index (κ1) is 24.6. The predicted molar refractivity (Wildman–Crippen MR) is 89.0 cm³/mol. The van der Waals surface area contributed by atoms with Crippen molar-refractivity contribution in [3.63, 3.8) is 0 Å². The molecule has 0 aliphatic carbocycles. The highest BCUT2D eigenvalue weighted by Gasteiger charge is 2.80. The third kappa shape index (κ3) is 5.54. The summed E-state index contributed by atoms with van der Waals surface area (Å²) in [5.74, 6) is -7.45. The van der Waals surface area contributed by atoms with Crippen LogP contribution < -0.4 is 0 Å². The van der Waals surface area contributed by atoms with Crippen molar-refractivity contribution >= 4 is 28.6 Å². The van der Waals surface area contributed by atoms with E-state index in [2.05, 4.69) is 0 Å². The fourth-order valence-electron chi connectivity index (χ4n) is 1.91. The van der Waals surface area contributed by atoms with Crippen LogP contribution in [0.3, 0.4) is 0 Å². The molecule has 1 aromatic carbocycles. The fraction of sp³-hybridized carbons (Fsp3) is 0.438. The quantitative estimate of drug-likeness (QED) is 0.175. The number of esters is 1. The lowest BCUT2D eigenvalue weighted by Gasteiger charge is -2.34. The maximum atomic E-state index is 13.9. The van der Waals surface area contributed by atoms with Crippen LogP contribution in [0, 0.1) is 0 Å². The molecule has 1 rings (SSSR count). The summed E-state index contributed by atoms with van der Waals surface area (Å²) in [4.78, 5) is 11.6. The topological polar surface area (TPSA) is 26.3 Å². The van der Waals surface area contributed by atoms with Gasteiger partial charge in [0.1, 0.15) is 0 Å². The standard InChI is InChI=1S/C16H12F9IO2/c17-13(15(20,21)22,14(18,19)16(23,24)25)9-11(26)7-4-8-28-12(27)10-5-2-1-3-6-10/h1-3,5-6,9H,4,7-8H2. The zero-order valence-corrected chi connectivity index (χ0v) is 15.8. The molecule has 1 atom stereocenters. The van der Waals surface area contributed by atoms with E-state index in [4.69, 9.17) is 4.74 Å². The Morgan fingerprint density at radius 2 is 1.46 bits per heavy atom. The molecule has 28 heavy (non-hydrogen) atoms. The van der Waals surface area contributed by atoms with Crippen LogP contribution in [0.15, 0.2) is 40.0 Å². The van der Waals surface area contributed by atoms with E-state index in [1.54, 1.807) is 18.2 Å². The van der Waals surface area contributed by atoms with Gasteiger partial charge in [-0.15, -0.1) is 0 Å². The van der Waals surface area contributed by atoms with Crippen LogP contribution in [-0.2, 0) is 4.74 Å². The normalized spacial score (nSPS) is 15.9. The minimum absolute atomic E-state index is 0.178. The number of carbonyl (C=O) groups is 1. The molecule has 1 aromatic rings. The largest absolute Gasteiger partial charge is 0.462 e. The van der Waals surface area contributed by atoms with Gasteiger partial charge in [0, 0.05) is 0 Å². The summed E-state index contributed by atoms with van der Waals surface area (Å²) in [7, 11) is 0. The van der Waals surface area contributed by atoms with Crippen molar-refractivity contribution < 1.29 is 49.0 Å². The van der Waals surface area contributed by atoms with Crippen LogP contribution in [-0.4, -0.2) is 36.5 Å². The van der Waals surface area contributed by atoms with Crippen LogP contribution in [0.2, 0.25) is 0 Å². The summed E-state index contributed by atoms with van der Waals surface area (Å²) < 4.78 is 119. The van der Waals surface area contributed by atoms with E-state index in [0.717, 1.165) is 22.6 Å². The fourth-order valence-corrected chi connectivity index (χ4v) is 2.72. The third-order valence-corrected chi connectivity index (χ3v) is 4.23. The average Bonchev–Trinajstić information content (AvgIpc) is 2.57. The summed E-state index contributed by atoms with van der Waals surface area (Å²) in [6.45, 7) is -0.366. The number of benzene rings is 1. The Morgan fingerprint density at radius 3 is 1.93 bits per heavy atom. The Labute approximate surface area is 166 Å². The van der Waals surface area contributed by atoms with Gasteiger partial charge in [0.05, 0.1) is 12.2 Å². The zero-order valence-electron chi connectivity index (χ0n) is 13.7. The minimum atomic E-state index is -6.75. The van der Waals surface area contributed by atoms with Crippen molar-refractivity contribution in [3.05, 3.63) is 45.6 Å². The number of alkyl halides is 9. The van der Waals surface area contributed by atoms with Crippen LogP contribution in [0.5, 0.6) is 0 Å². The van der Waals surface area contributed by atoms with E-state index in [1.165, 1.54) is 12.1 Å². The summed E-state index contributed by atoms with van der Waals surface area (Å²) in [6.07, 6.45) is -14.8. The van der Waals surface area contributed by atoms with Crippen molar-refractivity contribution in [1.29, 1.82) is 0 Å². The molecule has 0 saturated heterocycles. The van der Waals surface area contributed by atoms with Gasteiger partial charge < -0.3 is 4.74 Å². The van der Waals surface area contributed by atoms with Crippen LogP contribution in [0.4, 0.5) is 39.5 Å². The van der Waals surface area contributed by atoms with E-state index in [9.17, 15) is 44.3 Å². The molecule has 0 aromatic heterocycles. The number of carbonyl (C=O) groups excluding carboxylic acids is 1. The third-order valence-electron chi connectivity index (χ3n) is 3.38. The van der Waals surface area contributed by atoms with E-state index in [1.807, 2.05) is 0 Å². The molecule has 12 heteroatoms. The summed E-state index contributed by atoms with van der Waals surface area (Å²) in [6, 6.07) is 7.56. The van der Waals surface area contributed by atoms with Crippen LogP contribution in [0.25, 0.3) is 0 Å². The molecular formula is C16H12F9IO2. The van der Waals surface area contributed by atoms with Crippen LogP contribution in [0.1, 0.15) is 23.2 Å². The molecule has 158 valence electrons. The van der Waals surface area contributed by atoms with Crippen molar-refractivity contribution in [2.24, 2.45) is 0 Å². The van der Waals surface area contributed by atoms with Crippen LogP contribution >= 0.6 is 22.6 Å².